The van der Waals surface area contributed by atoms with Crippen LogP contribution in [0.2, 0.25) is 5.02 Å². The fourth-order valence-corrected chi connectivity index (χ4v) is 5.96. The van der Waals surface area contributed by atoms with Gasteiger partial charge in [-0.2, -0.15) is 0 Å². The van der Waals surface area contributed by atoms with Gasteiger partial charge in [0.2, 0.25) is 5.91 Å². The van der Waals surface area contributed by atoms with E-state index in [2.05, 4.69) is 25.2 Å². The van der Waals surface area contributed by atoms with Crippen LogP contribution in [0.3, 0.4) is 0 Å². The van der Waals surface area contributed by atoms with Gasteiger partial charge in [-0.25, -0.2) is 0 Å². The minimum Gasteiger partial charge on any atom is -0.387 e. The highest BCUT2D eigenvalue weighted by molar-refractivity contribution is 6.31. The van der Waals surface area contributed by atoms with Crippen LogP contribution in [0.4, 0.5) is 5.69 Å². The van der Waals surface area contributed by atoms with Crippen molar-refractivity contribution in [3.05, 3.63) is 28.3 Å². The molecule has 3 atom stereocenters. The van der Waals surface area contributed by atoms with Crippen LogP contribution >= 0.6 is 11.6 Å². The van der Waals surface area contributed by atoms with E-state index in [1.165, 1.54) is 43.4 Å². The maximum absolute atomic E-state index is 12.3. The molecule has 2 N–H and O–H groups in total. The zero-order valence-electron chi connectivity index (χ0n) is 15.7. The molecule has 1 aromatic carbocycles. The molecule has 0 radical (unpaired) electrons. The summed E-state index contributed by atoms with van der Waals surface area (Å²) < 4.78 is 0. The number of piperidine rings is 1. The molecule has 1 saturated carbocycles. The van der Waals surface area contributed by atoms with E-state index in [-0.39, 0.29) is 23.4 Å². The third kappa shape index (κ3) is 2.65. The van der Waals surface area contributed by atoms with Gasteiger partial charge in [0.15, 0.2) is 0 Å². The molecule has 2 aliphatic heterocycles. The second kappa shape index (κ2) is 6.72. The summed E-state index contributed by atoms with van der Waals surface area (Å²) in [6, 6.07) is 4.26. The number of amides is 1. The maximum Gasteiger partial charge on any atom is 0.248 e. The number of benzene rings is 1. The van der Waals surface area contributed by atoms with E-state index in [1.807, 2.05) is 11.0 Å². The van der Waals surface area contributed by atoms with Crippen molar-refractivity contribution in [3.63, 3.8) is 0 Å². The maximum atomic E-state index is 12.3. The Morgan fingerprint density at radius 3 is 2.77 bits per heavy atom. The number of rotatable bonds is 2. The number of aliphatic hydroxyl groups excluding tert-OH is 1. The second-order valence-corrected chi connectivity index (χ2v) is 8.85. The number of likely N-dealkylation sites (tertiary alicyclic amines) is 1. The third-order valence-corrected chi connectivity index (χ3v) is 7.53. The Hall–Kier alpha value is -1.26. The first kappa shape index (κ1) is 18.1. The summed E-state index contributed by atoms with van der Waals surface area (Å²) >= 11 is 6.41. The van der Waals surface area contributed by atoms with E-state index in [1.54, 1.807) is 0 Å². The highest BCUT2D eigenvalue weighted by Crippen LogP contribution is 2.56. The van der Waals surface area contributed by atoms with Gasteiger partial charge in [-0.1, -0.05) is 36.9 Å². The molecule has 142 valence electrons. The Balaban J connectivity index is 1.78. The Morgan fingerprint density at radius 1 is 1.35 bits per heavy atom. The van der Waals surface area contributed by atoms with Crippen molar-refractivity contribution in [2.24, 2.45) is 5.92 Å². The van der Waals surface area contributed by atoms with Crippen LogP contribution in [0, 0.1) is 12.8 Å². The monoisotopic (exact) mass is 376 g/mol. The molecule has 3 aliphatic rings. The van der Waals surface area contributed by atoms with E-state index in [0.717, 1.165) is 17.0 Å². The number of aliphatic hydroxyl groups is 1. The summed E-state index contributed by atoms with van der Waals surface area (Å²) in [5.74, 6) is 0.734. The van der Waals surface area contributed by atoms with Gasteiger partial charge in [0.1, 0.15) is 6.61 Å². The van der Waals surface area contributed by atoms with Crippen LogP contribution in [0.25, 0.3) is 0 Å². The molecular weight excluding hydrogens is 348 g/mol. The normalized spacial score (nSPS) is 31.3. The lowest BCUT2D eigenvalue weighted by molar-refractivity contribution is -0.139. The molecule has 1 saturated heterocycles. The lowest BCUT2D eigenvalue weighted by Crippen LogP contribution is -2.60. The first-order chi connectivity index (χ1) is 12.5. The van der Waals surface area contributed by atoms with Gasteiger partial charge >= 0.3 is 0 Å². The van der Waals surface area contributed by atoms with Crippen molar-refractivity contribution >= 4 is 23.2 Å². The topological polar surface area (TPSA) is 52.6 Å². The van der Waals surface area contributed by atoms with Crippen molar-refractivity contribution < 1.29 is 9.90 Å². The molecule has 4 rings (SSSR count). The van der Waals surface area contributed by atoms with Crippen LogP contribution in [0.5, 0.6) is 0 Å². The molecule has 5 heteroatoms. The van der Waals surface area contributed by atoms with Crippen molar-refractivity contribution in [1.29, 1.82) is 0 Å². The highest BCUT2D eigenvalue weighted by Gasteiger charge is 2.55. The molecule has 0 aromatic heterocycles. The quantitative estimate of drug-likeness (QED) is 0.817. The Bertz CT molecular complexity index is 716. The number of hydrogen-bond donors (Lipinski definition) is 2. The molecule has 2 fully saturated rings. The first-order valence-corrected chi connectivity index (χ1v) is 10.3. The summed E-state index contributed by atoms with van der Waals surface area (Å²) in [6.07, 6.45) is 7.37. The Kier molecular flexibility index (Phi) is 4.68. The SMILES string of the molecule is Cc1c(Cl)ccc2c1NC1(C3CCCCC3)C[C@@H](C)N(C(=O)CO)CC21. The van der Waals surface area contributed by atoms with Crippen LogP contribution in [-0.4, -0.2) is 40.6 Å². The van der Waals surface area contributed by atoms with E-state index >= 15 is 0 Å². The molecule has 1 aliphatic carbocycles. The Morgan fingerprint density at radius 2 is 2.08 bits per heavy atom. The zero-order chi connectivity index (χ0) is 18.5. The second-order valence-electron chi connectivity index (χ2n) is 8.45. The number of carbonyl (C=O) groups is 1. The fourth-order valence-electron chi connectivity index (χ4n) is 5.80. The molecule has 2 unspecified atom stereocenters. The van der Waals surface area contributed by atoms with Crippen molar-refractivity contribution in [2.75, 3.05) is 18.5 Å². The average Bonchev–Trinajstić information content (AvgIpc) is 2.99. The molecule has 1 aromatic rings. The smallest absolute Gasteiger partial charge is 0.248 e. The zero-order valence-corrected chi connectivity index (χ0v) is 16.5. The van der Waals surface area contributed by atoms with Gasteiger partial charge in [-0.15, -0.1) is 0 Å². The molecule has 0 spiro atoms. The molecule has 4 nitrogen and oxygen atoms in total. The molecule has 1 amide bonds. The predicted molar refractivity (Wildman–Crippen MR) is 105 cm³/mol. The lowest BCUT2D eigenvalue weighted by atomic mass is 9.63. The number of halogens is 1. The Labute approximate surface area is 160 Å². The van der Waals surface area contributed by atoms with Gasteiger partial charge < -0.3 is 15.3 Å². The number of hydrogen-bond acceptors (Lipinski definition) is 3. The van der Waals surface area contributed by atoms with Gasteiger partial charge in [-0.3, -0.25) is 4.79 Å². The third-order valence-electron chi connectivity index (χ3n) is 7.12. The molecular formula is C21H29ClN2O2. The van der Waals surface area contributed by atoms with Crippen LogP contribution in [0.15, 0.2) is 12.1 Å². The number of carbonyl (C=O) groups excluding carboxylic acids is 1. The number of nitrogens with zero attached hydrogens (tertiary/aromatic N) is 1. The van der Waals surface area contributed by atoms with E-state index in [9.17, 15) is 9.90 Å². The van der Waals surface area contributed by atoms with Gasteiger partial charge in [0.25, 0.3) is 0 Å². The number of anilines is 1. The van der Waals surface area contributed by atoms with Crippen LogP contribution in [0.1, 0.15) is 62.5 Å². The lowest BCUT2D eigenvalue weighted by Gasteiger charge is -2.52. The molecule has 2 heterocycles. The minimum absolute atomic E-state index is 0.00382. The summed E-state index contributed by atoms with van der Waals surface area (Å²) in [6.45, 7) is 4.48. The van der Waals surface area contributed by atoms with Crippen molar-refractivity contribution in [1.82, 2.24) is 4.90 Å². The van der Waals surface area contributed by atoms with Crippen molar-refractivity contribution in [3.8, 4) is 0 Å². The van der Waals surface area contributed by atoms with Gasteiger partial charge in [0, 0.05) is 29.2 Å². The summed E-state index contributed by atoms with van der Waals surface area (Å²) in [5.41, 5.74) is 3.59. The van der Waals surface area contributed by atoms with E-state index < -0.39 is 6.61 Å². The van der Waals surface area contributed by atoms with Crippen LogP contribution in [-0.2, 0) is 4.79 Å². The highest BCUT2D eigenvalue weighted by atomic mass is 35.5. The number of fused-ring (bicyclic) bond motifs is 3. The molecule has 0 bridgehead atoms. The van der Waals surface area contributed by atoms with Gasteiger partial charge in [-0.05, 0) is 56.2 Å². The summed E-state index contributed by atoms with van der Waals surface area (Å²) in [7, 11) is 0. The van der Waals surface area contributed by atoms with Crippen molar-refractivity contribution in [2.45, 2.75) is 69.9 Å². The van der Waals surface area contributed by atoms with E-state index in [0.29, 0.717) is 12.5 Å². The van der Waals surface area contributed by atoms with Gasteiger partial charge in [0.05, 0.1) is 5.54 Å². The summed E-state index contributed by atoms with van der Waals surface area (Å²) in [5, 5.41) is 14.2. The molecule has 26 heavy (non-hydrogen) atoms. The standard InChI is InChI=1S/C21H29ClN2O2/c1-13-10-21(15-6-4-3-5-7-15)17(11-24(13)19(26)12-25)16-8-9-18(22)14(2)20(16)23-21/h8-9,13,15,17,23,25H,3-7,10-12H2,1-2H3/t13-,17?,21?/m1/s1. The van der Waals surface area contributed by atoms with E-state index in [4.69, 9.17) is 11.6 Å². The summed E-state index contributed by atoms with van der Waals surface area (Å²) in [4.78, 5) is 14.2. The average molecular weight is 377 g/mol. The fraction of sp³-hybridized carbons (Fsp3) is 0.667. The van der Waals surface area contributed by atoms with Crippen LogP contribution < -0.4 is 5.32 Å². The largest absolute Gasteiger partial charge is 0.387 e. The number of nitrogens with one attached hydrogen (secondary N) is 1. The minimum atomic E-state index is -0.409. The predicted octanol–water partition coefficient (Wildman–Crippen LogP) is 4.09. The first-order valence-electron chi connectivity index (χ1n) is 9.95.